The molecule has 1 fully saturated rings. The van der Waals surface area contributed by atoms with Crippen LogP contribution in [0.5, 0.6) is 0 Å². The number of aromatic nitrogens is 4. The van der Waals surface area contributed by atoms with Gasteiger partial charge in [0.25, 0.3) is 0 Å². The molecule has 4 N–H and O–H groups in total. The molecule has 0 atom stereocenters. The Morgan fingerprint density at radius 3 is 2.70 bits per heavy atom. The number of nitrogens with one attached hydrogen (secondary N) is 2. The Kier molecular flexibility index (Phi) is 4.34. The first-order valence-electron chi connectivity index (χ1n) is 8.43. The second-order valence-electron chi connectivity index (χ2n) is 6.35. The van der Waals surface area contributed by atoms with E-state index in [1.807, 2.05) is 0 Å². The van der Waals surface area contributed by atoms with E-state index in [0.717, 1.165) is 25.1 Å². The van der Waals surface area contributed by atoms with Crippen molar-refractivity contribution in [2.45, 2.75) is 25.1 Å². The van der Waals surface area contributed by atoms with Crippen molar-refractivity contribution in [2.75, 3.05) is 24.3 Å². The van der Waals surface area contributed by atoms with Crippen LogP contribution in [0.25, 0.3) is 22.3 Å². The standard InChI is InChI=1S/C17H17F3N6O/c18-17(19,20)9-5-11-12(7-23-15(11)22-6-9)14-13(21)8-24-16(26-14)25-10-1-3-27-4-2-10/h5-8,10H,1-4,21H2,(H,22,23)(H,24,25,26). The predicted octanol–water partition coefficient (Wildman–Crippen LogP) is 3.21. The van der Waals surface area contributed by atoms with Crippen molar-refractivity contribution >= 4 is 22.7 Å². The number of hydrogen-bond acceptors (Lipinski definition) is 6. The third-order valence-electron chi connectivity index (χ3n) is 4.49. The average molecular weight is 378 g/mol. The van der Waals surface area contributed by atoms with Crippen molar-refractivity contribution in [3.05, 3.63) is 30.2 Å². The van der Waals surface area contributed by atoms with Crippen LogP contribution in [-0.4, -0.2) is 39.2 Å². The Balaban J connectivity index is 1.73. The minimum Gasteiger partial charge on any atom is -0.396 e. The normalized spacial score (nSPS) is 16.0. The number of nitrogens with zero attached hydrogens (tertiary/aromatic N) is 3. The van der Waals surface area contributed by atoms with E-state index in [1.54, 1.807) is 6.20 Å². The molecule has 0 radical (unpaired) electrons. The zero-order chi connectivity index (χ0) is 19.0. The maximum atomic E-state index is 13.0. The summed E-state index contributed by atoms with van der Waals surface area (Å²) in [5, 5.41) is 3.53. The number of H-pyrrole nitrogens is 1. The monoisotopic (exact) mass is 378 g/mol. The first-order valence-corrected chi connectivity index (χ1v) is 8.43. The fourth-order valence-electron chi connectivity index (χ4n) is 3.06. The lowest BCUT2D eigenvalue weighted by Crippen LogP contribution is -2.28. The van der Waals surface area contributed by atoms with Crippen LogP contribution >= 0.6 is 0 Å². The maximum Gasteiger partial charge on any atom is 0.417 e. The summed E-state index contributed by atoms with van der Waals surface area (Å²) in [5.74, 6) is 0.375. The summed E-state index contributed by atoms with van der Waals surface area (Å²) in [4.78, 5) is 15.3. The first-order chi connectivity index (χ1) is 12.9. The molecule has 0 aromatic carbocycles. The smallest absolute Gasteiger partial charge is 0.396 e. The van der Waals surface area contributed by atoms with Crippen LogP contribution < -0.4 is 11.1 Å². The van der Waals surface area contributed by atoms with Crippen LogP contribution in [0.2, 0.25) is 0 Å². The second kappa shape index (κ2) is 6.69. The van der Waals surface area contributed by atoms with Crippen LogP contribution in [0.1, 0.15) is 18.4 Å². The Labute approximate surface area is 152 Å². The summed E-state index contributed by atoms with van der Waals surface area (Å²) in [6, 6.07) is 1.22. The van der Waals surface area contributed by atoms with Crippen LogP contribution in [-0.2, 0) is 10.9 Å². The first kappa shape index (κ1) is 17.5. The van der Waals surface area contributed by atoms with Crippen molar-refractivity contribution < 1.29 is 17.9 Å². The van der Waals surface area contributed by atoms with Gasteiger partial charge in [0.15, 0.2) is 0 Å². The van der Waals surface area contributed by atoms with E-state index in [-0.39, 0.29) is 11.7 Å². The summed E-state index contributed by atoms with van der Waals surface area (Å²) in [6.45, 7) is 1.32. The number of nitrogens with two attached hydrogens (primary N) is 1. The highest BCUT2D eigenvalue weighted by atomic mass is 19.4. The predicted molar refractivity (Wildman–Crippen MR) is 94.0 cm³/mol. The third-order valence-corrected chi connectivity index (χ3v) is 4.49. The Morgan fingerprint density at radius 1 is 1.19 bits per heavy atom. The van der Waals surface area contributed by atoms with Gasteiger partial charge < -0.3 is 20.8 Å². The average Bonchev–Trinajstić information content (AvgIpc) is 3.06. The lowest BCUT2D eigenvalue weighted by atomic mass is 10.1. The Bertz CT molecular complexity index is 965. The molecule has 0 amide bonds. The van der Waals surface area contributed by atoms with Gasteiger partial charge in [0.1, 0.15) is 11.3 Å². The van der Waals surface area contributed by atoms with Gasteiger partial charge in [-0.1, -0.05) is 0 Å². The zero-order valence-electron chi connectivity index (χ0n) is 14.2. The molecule has 1 saturated heterocycles. The van der Waals surface area contributed by atoms with Crippen molar-refractivity contribution in [1.82, 2.24) is 19.9 Å². The lowest BCUT2D eigenvalue weighted by molar-refractivity contribution is -0.137. The number of nitrogen functional groups attached to an aromatic ring is 1. The van der Waals surface area contributed by atoms with E-state index in [4.69, 9.17) is 10.5 Å². The van der Waals surface area contributed by atoms with Crippen LogP contribution in [0.3, 0.4) is 0 Å². The van der Waals surface area contributed by atoms with Crippen LogP contribution in [0.4, 0.5) is 24.8 Å². The number of anilines is 2. The molecule has 3 aromatic rings. The molecule has 4 rings (SSSR count). The topological polar surface area (TPSA) is 102 Å². The molecule has 0 saturated carbocycles. The summed E-state index contributed by atoms with van der Waals surface area (Å²) in [7, 11) is 0. The number of fused-ring (bicyclic) bond motifs is 1. The molecular weight excluding hydrogens is 361 g/mol. The number of hydrogen-bond donors (Lipinski definition) is 3. The minimum atomic E-state index is -4.48. The molecule has 1 aliphatic rings. The Morgan fingerprint density at radius 2 is 1.96 bits per heavy atom. The molecule has 7 nitrogen and oxygen atoms in total. The van der Waals surface area contributed by atoms with Gasteiger partial charge in [-0.15, -0.1) is 0 Å². The number of rotatable bonds is 3. The molecule has 10 heteroatoms. The Hall–Kier alpha value is -2.88. The minimum absolute atomic E-state index is 0.177. The van der Waals surface area contributed by atoms with Gasteiger partial charge in [-0.05, 0) is 18.9 Å². The maximum absolute atomic E-state index is 13.0. The summed E-state index contributed by atoms with van der Waals surface area (Å²) in [5.41, 5.74) is 6.56. The van der Waals surface area contributed by atoms with Gasteiger partial charge in [-0.25, -0.2) is 15.0 Å². The van der Waals surface area contributed by atoms with Crippen molar-refractivity contribution in [1.29, 1.82) is 0 Å². The van der Waals surface area contributed by atoms with Gasteiger partial charge in [0, 0.05) is 42.6 Å². The molecule has 3 aromatic heterocycles. The molecule has 0 unspecified atom stereocenters. The summed E-state index contributed by atoms with van der Waals surface area (Å²) >= 11 is 0. The van der Waals surface area contributed by atoms with Gasteiger partial charge in [0.05, 0.1) is 17.4 Å². The molecule has 27 heavy (non-hydrogen) atoms. The van der Waals surface area contributed by atoms with E-state index >= 15 is 0 Å². The molecule has 142 valence electrons. The highest BCUT2D eigenvalue weighted by Gasteiger charge is 2.31. The van der Waals surface area contributed by atoms with E-state index in [0.29, 0.717) is 41.5 Å². The van der Waals surface area contributed by atoms with E-state index < -0.39 is 11.7 Å². The number of aromatic amines is 1. The fraction of sp³-hybridized carbons (Fsp3) is 0.353. The van der Waals surface area contributed by atoms with Crippen LogP contribution in [0, 0.1) is 0 Å². The highest BCUT2D eigenvalue weighted by Crippen LogP contribution is 2.35. The van der Waals surface area contributed by atoms with Gasteiger partial charge in [-0.2, -0.15) is 13.2 Å². The SMILES string of the molecule is Nc1cnc(NC2CCOCC2)nc1-c1c[nH]c2ncc(C(F)(F)F)cc12. The fourth-order valence-corrected chi connectivity index (χ4v) is 3.06. The van der Waals surface area contributed by atoms with E-state index in [9.17, 15) is 13.2 Å². The van der Waals surface area contributed by atoms with Crippen molar-refractivity contribution in [3.8, 4) is 11.3 Å². The van der Waals surface area contributed by atoms with E-state index in [2.05, 4.69) is 25.3 Å². The molecule has 0 bridgehead atoms. The quantitative estimate of drug-likeness (QED) is 0.647. The molecular formula is C17H17F3N6O. The lowest BCUT2D eigenvalue weighted by Gasteiger charge is -2.23. The van der Waals surface area contributed by atoms with E-state index in [1.165, 1.54) is 6.20 Å². The summed E-state index contributed by atoms with van der Waals surface area (Å²) in [6.07, 6.45) is 0.968. The number of pyridine rings is 1. The number of halogens is 3. The van der Waals surface area contributed by atoms with Gasteiger partial charge in [0.2, 0.25) is 5.95 Å². The molecule has 0 aliphatic carbocycles. The van der Waals surface area contributed by atoms with Crippen LogP contribution in [0.15, 0.2) is 24.7 Å². The van der Waals surface area contributed by atoms with Crippen molar-refractivity contribution in [3.63, 3.8) is 0 Å². The van der Waals surface area contributed by atoms with Gasteiger partial charge in [-0.3, -0.25) is 0 Å². The zero-order valence-corrected chi connectivity index (χ0v) is 14.2. The summed E-state index contributed by atoms with van der Waals surface area (Å²) < 4.78 is 44.4. The molecule has 4 heterocycles. The molecule has 0 spiro atoms. The third kappa shape index (κ3) is 3.52. The number of ether oxygens (including phenoxy) is 1. The second-order valence-corrected chi connectivity index (χ2v) is 6.35. The van der Waals surface area contributed by atoms with Gasteiger partial charge >= 0.3 is 6.18 Å². The molecule has 1 aliphatic heterocycles. The number of alkyl halides is 3. The largest absolute Gasteiger partial charge is 0.417 e. The van der Waals surface area contributed by atoms with Crippen molar-refractivity contribution in [2.24, 2.45) is 0 Å². The highest BCUT2D eigenvalue weighted by molar-refractivity contribution is 5.95.